The highest BCUT2D eigenvalue weighted by molar-refractivity contribution is 5.68. The van der Waals surface area contributed by atoms with Crippen LogP contribution in [0.1, 0.15) is 34.2 Å². The first kappa shape index (κ1) is 19.0. The highest BCUT2D eigenvalue weighted by atomic mass is 16.5. The molecule has 2 aromatic rings. The van der Waals surface area contributed by atoms with Crippen LogP contribution >= 0.6 is 0 Å². The molecule has 0 aliphatic carbocycles. The Balaban J connectivity index is 1.91. The van der Waals surface area contributed by atoms with E-state index in [4.69, 9.17) is 9.84 Å². The molecule has 134 valence electrons. The number of aliphatic hydroxyl groups is 2. The maximum absolute atomic E-state index is 10.6. The van der Waals surface area contributed by atoms with Gasteiger partial charge in [0.2, 0.25) is 0 Å². The first-order valence-corrected chi connectivity index (χ1v) is 8.30. The molecule has 0 fully saturated rings. The molecule has 2 aromatic carbocycles. The molecular formula is C20H24O5. The molecule has 0 unspecified atom stereocenters. The van der Waals surface area contributed by atoms with Gasteiger partial charge in [0.05, 0.1) is 13.2 Å². The standard InChI is InChI=1S/C20H24O5/c1-14-9-15(6-8-19(14)25-13-20(23)24)3-2-4-16-5-7-17(11-21)18(10-16)12-22/h5-10,21-22H,2-4,11-13H2,1H3,(H,23,24). The molecule has 0 amide bonds. The SMILES string of the molecule is Cc1cc(CCCc2ccc(CO)c(CO)c2)ccc1OCC(=O)O. The molecule has 2 rings (SSSR count). The van der Waals surface area contributed by atoms with Crippen LogP contribution in [0.25, 0.3) is 0 Å². The number of aryl methyl sites for hydroxylation is 3. The maximum atomic E-state index is 10.6. The summed E-state index contributed by atoms with van der Waals surface area (Å²) in [6, 6.07) is 11.6. The zero-order valence-electron chi connectivity index (χ0n) is 14.4. The van der Waals surface area contributed by atoms with E-state index < -0.39 is 5.97 Å². The first-order chi connectivity index (χ1) is 12.0. The maximum Gasteiger partial charge on any atom is 0.341 e. The fourth-order valence-corrected chi connectivity index (χ4v) is 2.80. The monoisotopic (exact) mass is 344 g/mol. The molecule has 5 heteroatoms. The lowest BCUT2D eigenvalue weighted by molar-refractivity contribution is -0.139. The Morgan fingerprint density at radius 1 is 0.960 bits per heavy atom. The molecule has 3 N–H and O–H groups in total. The quantitative estimate of drug-likeness (QED) is 0.651. The fourth-order valence-electron chi connectivity index (χ4n) is 2.80. The Morgan fingerprint density at radius 2 is 1.60 bits per heavy atom. The largest absolute Gasteiger partial charge is 0.482 e. The molecule has 0 aromatic heterocycles. The van der Waals surface area contributed by atoms with Crippen LogP contribution in [-0.2, 0) is 30.8 Å². The highest BCUT2D eigenvalue weighted by Gasteiger charge is 2.06. The van der Waals surface area contributed by atoms with E-state index in [1.54, 1.807) is 0 Å². The number of rotatable bonds is 9. The van der Waals surface area contributed by atoms with Gasteiger partial charge in [-0.2, -0.15) is 0 Å². The smallest absolute Gasteiger partial charge is 0.341 e. The van der Waals surface area contributed by atoms with Crippen LogP contribution in [0, 0.1) is 6.92 Å². The second-order valence-corrected chi connectivity index (χ2v) is 6.06. The van der Waals surface area contributed by atoms with Crippen molar-refractivity contribution < 1.29 is 24.9 Å². The van der Waals surface area contributed by atoms with Gasteiger partial charge in [-0.05, 0) is 60.1 Å². The summed E-state index contributed by atoms with van der Waals surface area (Å²) in [5.74, 6) is -0.392. The molecule has 0 saturated carbocycles. The molecule has 0 aliphatic heterocycles. The average Bonchev–Trinajstić information content (AvgIpc) is 2.60. The van der Waals surface area contributed by atoms with Crippen molar-refractivity contribution in [2.45, 2.75) is 39.4 Å². The van der Waals surface area contributed by atoms with E-state index in [1.165, 1.54) is 5.56 Å². The molecule has 5 nitrogen and oxygen atoms in total. The molecule has 25 heavy (non-hydrogen) atoms. The van der Waals surface area contributed by atoms with Crippen LogP contribution in [0.4, 0.5) is 0 Å². The van der Waals surface area contributed by atoms with Gasteiger partial charge in [-0.3, -0.25) is 0 Å². The summed E-state index contributed by atoms with van der Waals surface area (Å²) in [6.07, 6.45) is 2.74. The normalized spacial score (nSPS) is 10.7. The Morgan fingerprint density at radius 3 is 2.20 bits per heavy atom. The van der Waals surface area contributed by atoms with E-state index in [2.05, 4.69) is 0 Å². The van der Waals surface area contributed by atoms with Crippen molar-refractivity contribution >= 4 is 5.97 Å². The zero-order chi connectivity index (χ0) is 18.2. The summed E-state index contributed by atoms with van der Waals surface area (Å²) in [5.41, 5.74) is 4.78. The predicted molar refractivity (Wildman–Crippen MR) is 94.6 cm³/mol. The zero-order valence-corrected chi connectivity index (χ0v) is 14.4. The van der Waals surface area contributed by atoms with E-state index in [0.717, 1.165) is 41.5 Å². The van der Waals surface area contributed by atoms with E-state index in [1.807, 2.05) is 43.3 Å². The van der Waals surface area contributed by atoms with Gasteiger partial charge >= 0.3 is 5.97 Å². The third-order valence-electron chi connectivity index (χ3n) is 4.13. The second-order valence-electron chi connectivity index (χ2n) is 6.06. The van der Waals surface area contributed by atoms with Crippen molar-refractivity contribution in [2.24, 2.45) is 0 Å². The Bertz CT molecular complexity index is 724. The highest BCUT2D eigenvalue weighted by Crippen LogP contribution is 2.21. The van der Waals surface area contributed by atoms with Gasteiger partial charge in [0.1, 0.15) is 5.75 Å². The number of carboxylic acids is 1. The summed E-state index contributed by atoms with van der Waals surface area (Å²) < 4.78 is 5.23. The summed E-state index contributed by atoms with van der Waals surface area (Å²) in [4.78, 5) is 10.6. The Labute approximate surface area is 147 Å². The van der Waals surface area contributed by atoms with Crippen LogP contribution in [-0.4, -0.2) is 27.9 Å². The predicted octanol–water partition coefficient (Wildman–Crippen LogP) is 2.62. The molecule has 0 heterocycles. The summed E-state index contributed by atoms with van der Waals surface area (Å²) >= 11 is 0. The molecule has 0 radical (unpaired) electrons. The first-order valence-electron chi connectivity index (χ1n) is 8.30. The number of hydrogen-bond donors (Lipinski definition) is 3. The minimum absolute atomic E-state index is 0.0637. The molecule has 0 bridgehead atoms. The number of carboxylic acid groups (broad SMARTS) is 1. The fraction of sp³-hybridized carbons (Fsp3) is 0.350. The van der Waals surface area contributed by atoms with Crippen LogP contribution in [0.5, 0.6) is 5.75 Å². The van der Waals surface area contributed by atoms with Gasteiger partial charge in [0, 0.05) is 0 Å². The number of carbonyl (C=O) groups is 1. The van der Waals surface area contributed by atoms with Crippen molar-refractivity contribution in [2.75, 3.05) is 6.61 Å². The lowest BCUT2D eigenvalue weighted by Crippen LogP contribution is -2.10. The lowest BCUT2D eigenvalue weighted by atomic mass is 9.99. The third-order valence-corrected chi connectivity index (χ3v) is 4.13. The number of hydrogen-bond acceptors (Lipinski definition) is 4. The molecular weight excluding hydrogens is 320 g/mol. The number of benzene rings is 2. The molecule has 0 saturated heterocycles. The van der Waals surface area contributed by atoms with Gasteiger partial charge < -0.3 is 20.1 Å². The summed E-state index contributed by atoms with van der Waals surface area (Å²) in [5, 5.41) is 27.2. The van der Waals surface area contributed by atoms with Crippen LogP contribution in [0.2, 0.25) is 0 Å². The minimum Gasteiger partial charge on any atom is -0.482 e. The van der Waals surface area contributed by atoms with Crippen molar-refractivity contribution in [3.05, 3.63) is 64.2 Å². The van der Waals surface area contributed by atoms with Crippen molar-refractivity contribution in [3.8, 4) is 5.75 Å². The topological polar surface area (TPSA) is 87.0 Å². The third kappa shape index (κ3) is 5.59. The summed E-state index contributed by atoms with van der Waals surface area (Å²) in [7, 11) is 0. The van der Waals surface area contributed by atoms with Gasteiger partial charge in [-0.25, -0.2) is 4.79 Å². The van der Waals surface area contributed by atoms with Gasteiger partial charge in [-0.1, -0.05) is 30.3 Å². The van der Waals surface area contributed by atoms with Crippen molar-refractivity contribution in [3.63, 3.8) is 0 Å². The Hall–Kier alpha value is -2.37. The second kappa shape index (κ2) is 9.20. The van der Waals surface area contributed by atoms with E-state index in [9.17, 15) is 15.0 Å². The van der Waals surface area contributed by atoms with Crippen LogP contribution in [0.3, 0.4) is 0 Å². The minimum atomic E-state index is -0.988. The Kier molecular flexibility index (Phi) is 6.98. The number of aliphatic hydroxyl groups excluding tert-OH is 2. The molecule has 0 aliphatic rings. The number of aliphatic carboxylic acids is 1. The number of ether oxygens (including phenoxy) is 1. The van der Waals surface area contributed by atoms with Crippen molar-refractivity contribution in [1.82, 2.24) is 0 Å². The lowest BCUT2D eigenvalue weighted by Gasteiger charge is -2.10. The van der Waals surface area contributed by atoms with E-state index in [0.29, 0.717) is 5.75 Å². The molecule has 0 spiro atoms. The van der Waals surface area contributed by atoms with Crippen LogP contribution < -0.4 is 4.74 Å². The van der Waals surface area contributed by atoms with E-state index >= 15 is 0 Å². The van der Waals surface area contributed by atoms with Gasteiger partial charge in [0.25, 0.3) is 0 Å². The van der Waals surface area contributed by atoms with Crippen LogP contribution in [0.15, 0.2) is 36.4 Å². The van der Waals surface area contributed by atoms with Crippen molar-refractivity contribution in [1.29, 1.82) is 0 Å². The summed E-state index contributed by atoms with van der Waals surface area (Å²) in [6.45, 7) is 1.44. The van der Waals surface area contributed by atoms with E-state index in [-0.39, 0.29) is 19.8 Å². The average molecular weight is 344 g/mol. The van der Waals surface area contributed by atoms with Gasteiger partial charge in [-0.15, -0.1) is 0 Å². The molecule has 0 atom stereocenters. The van der Waals surface area contributed by atoms with Gasteiger partial charge in [0.15, 0.2) is 6.61 Å².